The highest BCUT2D eigenvalue weighted by Gasteiger charge is 2.15. The van der Waals surface area contributed by atoms with Gasteiger partial charge in [0.05, 0.1) is 9.79 Å². The smallest absolute Gasteiger partial charge is 0.229 e. The minimum absolute atomic E-state index is 0.0452. The lowest BCUT2D eigenvalue weighted by Gasteiger charge is -2.15. The summed E-state index contributed by atoms with van der Waals surface area (Å²) >= 11 is 5.68. The summed E-state index contributed by atoms with van der Waals surface area (Å²) in [6.45, 7) is 0. The Morgan fingerprint density at radius 1 is 0.391 bits per heavy atom. The van der Waals surface area contributed by atoms with Crippen molar-refractivity contribution in [3.8, 4) is 0 Å². The van der Waals surface area contributed by atoms with Crippen LogP contribution in [0.1, 0.15) is 11.1 Å². The first-order valence-corrected chi connectivity index (χ1v) is 25.1. The number of benzene rings is 6. The molecule has 0 aliphatic carbocycles. The average molecular weight is 957 g/mol. The normalized spacial score (nSPS) is 11.7. The maximum Gasteiger partial charge on any atom is 0.229 e. The minimum atomic E-state index is -5.08. The zero-order chi connectivity index (χ0) is 44.5. The molecular formula is C46H32N6O6S6-2. The van der Waals surface area contributed by atoms with Crippen molar-refractivity contribution < 1.29 is 25.9 Å². The number of nitrogens with one attached hydrogen (secondary N) is 2. The summed E-state index contributed by atoms with van der Waals surface area (Å²) < 4.78 is 75.9. The SMILES string of the molecule is O=S(=O)([O-])c1cc(Nc2nc(Sc3ccccc3)cc(Sc3ccccc3)n2)ccc1/C=C/c1ccc(Nc2nc(Sc3ccccc3)cc(Sc3ccccc3)n2)cc1S(=O)(=O)[O-]. The van der Waals surface area contributed by atoms with Gasteiger partial charge in [-0.3, -0.25) is 0 Å². The van der Waals surface area contributed by atoms with Gasteiger partial charge in [0.2, 0.25) is 11.9 Å². The minimum Gasteiger partial charge on any atom is -0.744 e. The Morgan fingerprint density at radius 3 is 0.938 bits per heavy atom. The van der Waals surface area contributed by atoms with Crippen molar-refractivity contribution in [3.63, 3.8) is 0 Å². The summed E-state index contributed by atoms with van der Waals surface area (Å²) in [5.74, 6) is 0.322. The topological polar surface area (TPSA) is 190 Å². The molecule has 320 valence electrons. The third-order valence-corrected chi connectivity index (χ3v) is 14.2. The lowest BCUT2D eigenvalue weighted by atomic mass is 10.1. The molecule has 0 unspecified atom stereocenters. The van der Waals surface area contributed by atoms with Crippen molar-refractivity contribution in [2.24, 2.45) is 0 Å². The molecule has 0 aliphatic rings. The zero-order valence-electron chi connectivity index (χ0n) is 33.0. The first-order valence-electron chi connectivity index (χ1n) is 19.0. The molecule has 2 heterocycles. The van der Waals surface area contributed by atoms with E-state index in [2.05, 4.69) is 30.6 Å². The van der Waals surface area contributed by atoms with Gasteiger partial charge in [0.25, 0.3) is 0 Å². The highest BCUT2D eigenvalue weighted by atomic mass is 32.2. The second-order valence-electron chi connectivity index (χ2n) is 13.4. The van der Waals surface area contributed by atoms with Crippen LogP contribution in [-0.2, 0) is 20.2 Å². The second-order valence-corrected chi connectivity index (χ2v) is 20.5. The van der Waals surface area contributed by atoms with Crippen molar-refractivity contribution in [2.45, 2.75) is 49.5 Å². The highest BCUT2D eigenvalue weighted by molar-refractivity contribution is 8.00. The summed E-state index contributed by atoms with van der Waals surface area (Å²) in [7, 11) is -10.2. The third kappa shape index (κ3) is 12.4. The fourth-order valence-corrected chi connectivity index (χ4v) is 10.8. The van der Waals surface area contributed by atoms with E-state index in [0.29, 0.717) is 20.1 Å². The first kappa shape index (κ1) is 44.6. The summed E-state index contributed by atoms with van der Waals surface area (Å²) in [6, 6.07) is 50.4. The largest absolute Gasteiger partial charge is 0.744 e. The van der Waals surface area contributed by atoms with E-state index in [1.54, 1.807) is 0 Å². The van der Waals surface area contributed by atoms with E-state index in [1.807, 2.05) is 133 Å². The summed E-state index contributed by atoms with van der Waals surface area (Å²) in [4.78, 5) is 21.2. The van der Waals surface area contributed by atoms with Crippen molar-refractivity contribution in [1.29, 1.82) is 0 Å². The van der Waals surface area contributed by atoms with Gasteiger partial charge in [-0.25, -0.2) is 36.8 Å². The molecule has 0 aliphatic heterocycles. The van der Waals surface area contributed by atoms with Crippen molar-refractivity contribution in [1.82, 2.24) is 19.9 Å². The van der Waals surface area contributed by atoms with E-state index in [-0.39, 0.29) is 34.4 Å². The van der Waals surface area contributed by atoms with Crippen LogP contribution in [0.4, 0.5) is 23.3 Å². The summed E-state index contributed by atoms with van der Waals surface area (Å²) in [6.07, 6.45) is 2.52. The Balaban J connectivity index is 1.07. The van der Waals surface area contributed by atoms with E-state index in [9.17, 15) is 25.9 Å². The molecule has 0 bridgehead atoms. The lowest BCUT2D eigenvalue weighted by Crippen LogP contribution is -2.05. The number of anilines is 4. The Labute approximate surface area is 387 Å². The van der Waals surface area contributed by atoms with E-state index >= 15 is 0 Å². The number of rotatable bonds is 16. The Hall–Kier alpha value is -5.96. The van der Waals surface area contributed by atoms with Crippen LogP contribution in [0.15, 0.2) is 219 Å². The van der Waals surface area contributed by atoms with Gasteiger partial charge in [0.15, 0.2) is 0 Å². The number of nitrogens with zero attached hydrogens (tertiary/aromatic N) is 4. The van der Waals surface area contributed by atoms with E-state index in [1.165, 1.54) is 83.5 Å². The predicted molar refractivity (Wildman–Crippen MR) is 251 cm³/mol. The highest BCUT2D eigenvalue weighted by Crippen LogP contribution is 2.36. The van der Waals surface area contributed by atoms with Crippen LogP contribution >= 0.6 is 47.0 Å². The molecule has 0 radical (unpaired) electrons. The van der Waals surface area contributed by atoms with Crippen molar-refractivity contribution in [3.05, 3.63) is 181 Å². The quantitative estimate of drug-likeness (QED) is 0.0528. The van der Waals surface area contributed by atoms with Crippen LogP contribution in [0.2, 0.25) is 0 Å². The van der Waals surface area contributed by atoms with E-state index in [4.69, 9.17) is 0 Å². The molecule has 6 aromatic carbocycles. The maximum atomic E-state index is 12.7. The molecule has 64 heavy (non-hydrogen) atoms. The molecule has 0 atom stereocenters. The van der Waals surface area contributed by atoms with Crippen LogP contribution < -0.4 is 10.6 Å². The molecule has 0 fully saturated rings. The van der Waals surface area contributed by atoms with Crippen LogP contribution in [-0.4, -0.2) is 45.9 Å². The third-order valence-electron chi connectivity index (χ3n) is 8.74. The van der Waals surface area contributed by atoms with Crippen LogP contribution in [0.3, 0.4) is 0 Å². The molecule has 8 rings (SSSR count). The van der Waals surface area contributed by atoms with Crippen molar-refractivity contribution >= 4 is 103 Å². The molecule has 2 N–H and O–H groups in total. The number of aromatic nitrogens is 4. The van der Waals surface area contributed by atoms with Gasteiger partial charge in [-0.05, 0) is 83.9 Å². The summed E-state index contributed by atoms with van der Waals surface area (Å²) in [5, 5.41) is 8.57. The van der Waals surface area contributed by atoms with Gasteiger partial charge >= 0.3 is 0 Å². The monoisotopic (exact) mass is 956 g/mol. The first-order chi connectivity index (χ1) is 30.9. The molecule has 18 heteroatoms. The molecule has 2 aromatic heterocycles. The van der Waals surface area contributed by atoms with Crippen LogP contribution in [0, 0.1) is 0 Å². The lowest BCUT2D eigenvalue weighted by molar-refractivity contribution is 0.460. The predicted octanol–water partition coefficient (Wildman–Crippen LogP) is 11.3. The molecule has 0 spiro atoms. The van der Waals surface area contributed by atoms with Crippen molar-refractivity contribution in [2.75, 3.05) is 10.6 Å². The van der Waals surface area contributed by atoms with E-state index in [0.717, 1.165) is 31.7 Å². The standard InChI is InChI=1S/C46H34N6O6S6/c53-63(54,55)39-27-33(47-45-49-41(59-35-13-5-1-6-14-35)29-42(50-45)60-36-15-7-2-8-16-36)25-23-31(39)21-22-32-24-26-34(28-40(32)64(56,57)58)48-46-51-43(61-37-17-9-3-10-18-37)30-44(52-46)62-38-19-11-4-12-20-38/h1-30H,(H,47,49,50)(H,48,51,52)(H,53,54,55)(H,56,57,58)/p-2/b22-21+. The molecule has 0 saturated carbocycles. The zero-order valence-corrected chi connectivity index (χ0v) is 37.9. The van der Waals surface area contributed by atoms with Gasteiger partial charge in [-0.1, -0.05) is 144 Å². The Morgan fingerprint density at radius 2 is 0.672 bits per heavy atom. The van der Waals surface area contributed by atoms with E-state index < -0.39 is 30.0 Å². The molecule has 8 aromatic rings. The number of hydrogen-bond acceptors (Lipinski definition) is 16. The van der Waals surface area contributed by atoms with Gasteiger partial charge in [0.1, 0.15) is 40.3 Å². The van der Waals surface area contributed by atoms with Crippen LogP contribution in [0.25, 0.3) is 12.2 Å². The molecule has 0 amide bonds. The fourth-order valence-electron chi connectivity index (χ4n) is 5.94. The molecule has 12 nitrogen and oxygen atoms in total. The van der Waals surface area contributed by atoms with Gasteiger partial charge in [-0.15, -0.1) is 0 Å². The van der Waals surface area contributed by atoms with Gasteiger partial charge in [-0.2, -0.15) is 0 Å². The molecular weight excluding hydrogens is 925 g/mol. The average Bonchev–Trinajstić information content (AvgIpc) is 3.27. The molecule has 0 saturated heterocycles. The van der Waals surface area contributed by atoms with Crippen LogP contribution in [0.5, 0.6) is 0 Å². The van der Waals surface area contributed by atoms with Gasteiger partial charge < -0.3 is 19.7 Å². The summed E-state index contributed by atoms with van der Waals surface area (Å²) in [5.41, 5.74) is 0.328. The maximum absolute atomic E-state index is 12.7. The fraction of sp³-hybridized carbons (Fsp3) is 0. The Bertz CT molecular complexity index is 2840. The van der Waals surface area contributed by atoms with Gasteiger partial charge in [0, 0.05) is 43.1 Å². The number of hydrogen-bond donors (Lipinski definition) is 2. The second kappa shape index (κ2) is 20.3. The Kier molecular flexibility index (Phi) is 14.1.